The van der Waals surface area contributed by atoms with Gasteiger partial charge in [0.15, 0.2) is 11.5 Å². The van der Waals surface area contributed by atoms with Gasteiger partial charge in [0.2, 0.25) is 0 Å². The van der Waals surface area contributed by atoms with Crippen LogP contribution in [0.5, 0.6) is 0 Å². The largest absolute Gasteiger partial charge is 0.355 e. The minimum absolute atomic E-state index is 0. The summed E-state index contributed by atoms with van der Waals surface area (Å²) in [4.78, 5) is 17.7. The lowest BCUT2D eigenvalue weighted by atomic mass is 10.2. The number of halogens is 2. The third-order valence-electron chi connectivity index (χ3n) is 3.00. The molecule has 2 aromatic heterocycles. The number of pyridine rings is 1. The Labute approximate surface area is 135 Å². The zero-order valence-electron chi connectivity index (χ0n) is 11.7. The van der Waals surface area contributed by atoms with Gasteiger partial charge in [-0.05, 0) is 19.1 Å². The van der Waals surface area contributed by atoms with Crippen molar-refractivity contribution in [3.8, 4) is 11.3 Å². The van der Waals surface area contributed by atoms with Crippen molar-refractivity contribution in [2.24, 2.45) is 5.73 Å². The standard InChI is InChI=1S/C13H16N4O2.2ClH/c1-9(7-14)17(2)13(18)11-6-12(19-16-11)10-4-3-5-15-8-10;;/h3-6,8-9H,7,14H2,1-2H3;2*1H. The molecular weight excluding hydrogens is 315 g/mol. The van der Waals surface area contributed by atoms with E-state index in [0.717, 1.165) is 5.56 Å². The van der Waals surface area contributed by atoms with E-state index in [1.807, 2.05) is 13.0 Å². The van der Waals surface area contributed by atoms with Gasteiger partial charge in [-0.25, -0.2) is 0 Å². The Balaban J connectivity index is 0.00000200. The fourth-order valence-corrected chi connectivity index (χ4v) is 1.56. The molecule has 2 N–H and O–H groups in total. The SMILES string of the molecule is CC(CN)N(C)C(=O)c1cc(-c2cccnc2)on1.Cl.Cl. The van der Waals surface area contributed by atoms with E-state index in [0.29, 0.717) is 12.3 Å². The minimum atomic E-state index is -0.211. The van der Waals surface area contributed by atoms with Crippen LogP contribution >= 0.6 is 24.8 Å². The number of likely N-dealkylation sites (N-methyl/N-ethyl adjacent to an activating group) is 1. The van der Waals surface area contributed by atoms with E-state index < -0.39 is 0 Å². The summed E-state index contributed by atoms with van der Waals surface area (Å²) >= 11 is 0. The zero-order valence-corrected chi connectivity index (χ0v) is 13.4. The number of carbonyl (C=O) groups is 1. The lowest BCUT2D eigenvalue weighted by molar-refractivity contribution is 0.0738. The summed E-state index contributed by atoms with van der Waals surface area (Å²) in [5, 5.41) is 3.80. The van der Waals surface area contributed by atoms with E-state index >= 15 is 0 Å². The Kier molecular flexibility index (Phi) is 7.94. The van der Waals surface area contributed by atoms with E-state index in [-0.39, 0.29) is 42.5 Å². The molecule has 2 heterocycles. The molecule has 0 aliphatic rings. The summed E-state index contributed by atoms with van der Waals surface area (Å²) in [6.07, 6.45) is 3.32. The number of nitrogens with zero attached hydrogens (tertiary/aromatic N) is 3. The molecule has 1 amide bonds. The van der Waals surface area contributed by atoms with Crippen LogP contribution in [-0.4, -0.2) is 40.6 Å². The molecule has 2 rings (SSSR count). The second-order valence-corrected chi connectivity index (χ2v) is 4.32. The van der Waals surface area contributed by atoms with Crippen molar-refractivity contribution in [2.45, 2.75) is 13.0 Å². The van der Waals surface area contributed by atoms with Gasteiger partial charge in [-0.15, -0.1) is 24.8 Å². The predicted molar refractivity (Wildman–Crippen MR) is 84.8 cm³/mol. The molecule has 8 heteroatoms. The molecule has 0 fully saturated rings. The summed E-state index contributed by atoms with van der Waals surface area (Å²) in [5.41, 5.74) is 6.59. The van der Waals surface area contributed by atoms with Crippen LogP contribution in [0.15, 0.2) is 35.1 Å². The van der Waals surface area contributed by atoms with Crippen molar-refractivity contribution >= 4 is 30.7 Å². The maximum absolute atomic E-state index is 12.1. The summed E-state index contributed by atoms with van der Waals surface area (Å²) in [6, 6.07) is 5.20. The van der Waals surface area contributed by atoms with Crippen molar-refractivity contribution in [3.63, 3.8) is 0 Å². The second kappa shape index (κ2) is 8.61. The number of hydrogen-bond donors (Lipinski definition) is 1. The lowest BCUT2D eigenvalue weighted by Crippen LogP contribution is -2.39. The Bertz CT molecular complexity index is 562. The maximum Gasteiger partial charge on any atom is 0.276 e. The third kappa shape index (κ3) is 4.42. The normalized spacial score (nSPS) is 11.0. The summed E-state index contributed by atoms with van der Waals surface area (Å²) in [6.45, 7) is 2.27. The number of carbonyl (C=O) groups excluding carboxylic acids is 1. The number of amides is 1. The van der Waals surface area contributed by atoms with Gasteiger partial charge in [0.1, 0.15) is 0 Å². The van der Waals surface area contributed by atoms with Crippen molar-refractivity contribution in [1.82, 2.24) is 15.0 Å². The molecule has 0 saturated heterocycles. The Morgan fingerprint density at radius 3 is 2.76 bits per heavy atom. The molecule has 0 aromatic carbocycles. The van der Waals surface area contributed by atoms with Crippen LogP contribution < -0.4 is 5.73 Å². The summed E-state index contributed by atoms with van der Waals surface area (Å²) in [7, 11) is 1.69. The maximum atomic E-state index is 12.1. The van der Waals surface area contributed by atoms with Crippen molar-refractivity contribution in [3.05, 3.63) is 36.3 Å². The van der Waals surface area contributed by atoms with Crippen LogP contribution in [0.2, 0.25) is 0 Å². The van der Waals surface area contributed by atoms with Crippen LogP contribution in [0.4, 0.5) is 0 Å². The molecular formula is C13H18Cl2N4O2. The third-order valence-corrected chi connectivity index (χ3v) is 3.00. The van der Waals surface area contributed by atoms with Crippen molar-refractivity contribution in [1.29, 1.82) is 0 Å². The predicted octanol–water partition coefficient (Wildman–Crippen LogP) is 2.00. The highest BCUT2D eigenvalue weighted by molar-refractivity contribution is 5.93. The van der Waals surface area contributed by atoms with E-state index in [1.54, 1.807) is 36.5 Å². The molecule has 1 unspecified atom stereocenters. The number of hydrogen-bond acceptors (Lipinski definition) is 5. The molecule has 116 valence electrons. The highest BCUT2D eigenvalue weighted by atomic mass is 35.5. The first-order chi connectivity index (χ1) is 9.13. The molecule has 0 radical (unpaired) electrons. The fraction of sp³-hybridized carbons (Fsp3) is 0.308. The van der Waals surface area contributed by atoms with Crippen molar-refractivity contribution < 1.29 is 9.32 Å². The first kappa shape index (κ1) is 19.4. The molecule has 0 saturated carbocycles. The lowest BCUT2D eigenvalue weighted by Gasteiger charge is -2.22. The first-order valence-electron chi connectivity index (χ1n) is 5.98. The highest BCUT2D eigenvalue weighted by Crippen LogP contribution is 2.19. The van der Waals surface area contributed by atoms with Gasteiger partial charge < -0.3 is 15.2 Å². The highest BCUT2D eigenvalue weighted by Gasteiger charge is 2.20. The molecule has 0 aliphatic heterocycles. The second-order valence-electron chi connectivity index (χ2n) is 4.32. The molecule has 2 aromatic rings. The average molecular weight is 333 g/mol. The summed E-state index contributed by atoms with van der Waals surface area (Å²) < 4.78 is 5.17. The van der Waals surface area contributed by atoms with Gasteiger partial charge >= 0.3 is 0 Å². The average Bonchev–Trinajstić information content (AvgIpc) is 2.95. The zero-order chi connectivity index (χ0) is 13.8. The van der Waals surface area contributed by atoms with Crippen molar-refractivity contribution in [2.75, 3.05) is 13.6 Å². The molecule has 0 spiro atoms. The Morgan fingerprint density at radius 1 is 1.48 bits per heavy atom. The Morgan fingerprint density at radius 2 is 2.19 bits per heavy atom. The molecule has 6 nitrogen and oxygen atoms in total. The monoisotopic (exact) mass is 332 g/mol. The van der Waals surface area contributed by atoms with E-state index in [4.69, 9.17) is 10.3 Å². The van der Waals surface area contributed by atoms with Gasteiger partial charge in [0.25, 0.3) is 5.91 Å². The minimum Gasteiger partial charge on any atom is -0.355 e. The molecule has 1 atom stereocenters. The van der Waals surface area contributed by atoms with Gasteiger partial charge in [-0.1, -0.05) is 5.16 Å². The smallest absolute Gasteiger partial charge is 0.276 e. The number of nitrogens with two attached hydrogens (primary N) is 1. The quantitative estimate of drug-likeness (QED) is 0.925. The molecule has 0 bridgehead atoms. The van der Waals surface area contributed by atoms with E-state index in [9.17, 15) is 4.79 Å². The fourth-order valence-electron chi connectivity index (χ4n) is 1.56. The van der Waals surface area contributed by atoms with Crippen LogP contribution in [0.1, 0.15) is 17.4 Å². The van der Waals surface area contributed by atoms with Gasteiger partial charge in [0.05, 0.1) is 0 Å². The topological polar surface area (TPSA) is 85.2 Å². The molecule has 21 heavy (non-hydrogen) atoms. The molecule has 0 aliphatic carbocycles. The van der Waals surface area contributed by atoms with Gasteiger partial charge in [-0.2, -0.15) is 0 Å². The van der Waals surface area contributed by atoms with Crippen LogP contribution in [0.25, 0.3) is 11.3 Å². The van der Waals surface area contributed by atoms with E-state index in [1.165, 1.54) is 0 Å². The van der Waals surface area contributed by atoms with Gasteiger partial charge in [-0.3, -0.25) is 9.78 Å². The van der Waals surface area contributed by atoms with E-state index in [2.05, 4.69) is 10.1 Å². The number of rotatable bonds is 4. The van der Waals surface area contributed by atoms with Crippen LogP contribution in [0.3, 0.4) is 0 Å². The van der Waals surface area contributed by atoms with Crippen LogP contribution in [0, 0.1) is 0 Å². The summed E-state index contributed by atoms with van der Waals surface area (Å²) in [5.74, 6) is 0.307. The first-order valence-corrected chi connectivity index (χ1v) is 5.98. The van der Waals surface area contributed by atoms with Crippen LogP contribution in [-0.2, 0) is 0 Å². The number of aromatic nitrogens is 2. The Hall–Kier alpha value is -1.63. The van der Waals surface area contributed by atoms with Gasteiger partial charge in [0, 0.05) is 43.7 Å².